The van der Waals surface area contributed by atoms with Crippen molar-refractivity contribution < 1.29 is 4.74 Å². The Balaban J connectivity index is 2.14. The summed E-state index contributed by atoms with van der Waals surface area (Å²) in [6.45, 7) is 0. The molecule has 0 saturated carbocycles. The van der Waals surface area contributed by atoms with Crippen molar-refractivity contribution in [2.75, 3.05) is 0 Å². The van der Waals surface area contributed by atoms with E-state index in [0.29, 0.717) is 4.99 Å². The van der Waals surface area contributed by atoms with E-state index in [-0.39, 0.29) is 0 Å². The number of hydrogen-bond acceptors (Lipinski definition) is 2. The molecule has 0 spiro atoms. The summed E-state index contributed by atoms with van der Waals surface area (Å²) >= 11 is 4.83. The van der Waals surface area contributed by atoms with E-state index in [2.05, 4.69) is 0 Å². The minimum Gasteiger partial charge on any atom is -0.457 e. The zero-order chi connectivity index (χ0) is 12.1. The van der Waals surface area contributed by atoms with Gasteiger partial charge in [0.1, 0.15) is 11.5 Å². The molecule has 0 bridgehead atoms. The minimum absolute atomic E-state index is 0.363. The van der Waals surface area contributed by atoms with Crippen molar-refractivity contribution in [3.05, 3.63) is 66.6 Å². The van der Waals surface area contributed by atoms with Gasteiger partial charge in [0, 0.05) is 6.42 Å². The Bertz CT molecular complexity index is 511. The van der Waals surface area contributed by atoms with E-state index in [1.165, 1.54) is 0 Å². The van der Waals surface area contributed by atoms with Crippen LogP contribution < -0.4 is 10.5 Å². The Kier molecular flexibility index (Phi) is 3.73. The van der Waals surface area contributed by atoms with Crippen molar-refractivity contribution in [3.63, 3.8) is 0 Å². The molecule has 17 heavy (non-hydrogen) atoms. The van der Waals surface area contributed by atoms with Crippen molar-refractivity contribution in [1.82, 2.24) is 0 Å². The number of para-hydroxylation sites is 1. The first kappa shape index (κ1) is 11.6. The third-order valence-corrected chi connectivity index (χ3v) is 2.26. The van der Waals surface area contributed by atoms with E-state index in [1.54, 1.807) is 6.42 Å². The second-order valence-electron chi connectivity index (χ2n) is 3.53. The molecule has 3 heteroatoms. The van der Waals surface area contributed by atoms with E-state index >= 15 is 0 Å². The van der Waals surface area contributed by atoms with Crippen LogP contribution >= 0.6 is 12.2 Å². The van der Waals surface area contributed by atoms with E-state index < -0.39 is 0 Å². The smallest absolute Gasteiger partial charge is 0.127 e. The first-order valence-electron chi connectivity index (χ1n) is 5.21. The van der Waals surface area contributed by atoms with Gasteiger partial charge >= 0.3 is 0 Å². The molecule has 2 aromatic carbocycles. The number of benzene rings is 2. The molecular weight excluding hydrogens is 230 g/mol. The molecular formula is C14H12NOS. The highest BCUT2D eigenvalue weighted by molar-refractivity contribution is 7.80. The lowest BCUT2D eigenvalue weighted by molar-refractivity contribution is 0.482. The van der Waals surface area contributed by atoms with Gasteiger partial charge in [0.2, 0.25) is 0 Å². The van der Waals surface area contributed by atoms with Crippen LogP contribution in [0, 0.1) is 6.42 Å². The number of ether oxygens (including phenoxy) is 1. The van der Waals surface area contributed by atoms with Gasteiger partial charge in [-0.2, -0.15) is 0 Å². The SMILES string of the molecule is NC(=S)[CH]c1cccc(Oc2ccccc2)c1. The summed E-state index contributed by atoms with van der Waals surface area (Å²) in [5, 5.41) is 0. The van der Waals surface area contributed by atoms with Crippen molar-refractivity contribution in [1.29, 1.82) is 0 Å². The third kappa shape index (κ3) is 3.57. The summed E-state index contributed by atoms with van der Waals surface area (Å²) in [7, 11) is 0. The van der Waals surface area contributed by atoms with Crippen LogP contribution in [0.3, 0.4) is 0 Å². The monoisotopic (exact) mass is 242 g/mol. The molecule has 0 amide bonds. The standard InChI is InChI=1S/C14H12NOS/c15-14(17)10-11-5-4-8-13(9-11)16-12-6-2-1-3-7-12/h1-10H,(H2,15,17). The third-order valence-electron chi connectivity index (χ3n) is 2.15. The number of thiocarbonyl (C=S) groups is 1. The molecule has 0 heterocycles. The predicted octanol–water partition coefficient (Wildman–Crippen LogP) is 3.32. The highest BCUT2D eigenvalue weighted by atomic mass is 32.1. The lowest BCUT2D eigenvalue weighted by atomic mass is 10.1. The molecule has 0 aliphatic heterocycles. The van der Waals surface area contributed by atoms with Crippen LogP contribution in [0.4, 0.5) is 0 Å². The molecule has 2 N–H and O–H groups in total. The number of hydrogen-bond donors (Lipinski definition) is 1. The molecule has 85 valence electrons. The normalized spacial score (nSPS) is 9.88. The van der Waals surface area contributed by atoms with Gasteiger partial charge in [-0.3, -0.25) is 0 Å². The van der Waals surface area contributed by atoms with Crippen LogP contribution in [0.25, 0.3) is 0 Å². The zero-order valence-electron chi connectivity index (χ0n) is 9.17. The van der Waals surface area contributed by atoms with Gasteiger partial charge in [-0.1, -0.05) is 42.5 Å². The molecule has 1 radical (unpaired) electrons. The Morgan fingerprint density at radius 1 is 1.00 bits per heavy atom. The number of nitrogens with two attached hydrogens (primary N) is 1. The van der Waals surface area contributed by atoms with Crippen LogP contribution in [-0.2, 0) is 0 Å². The molecule has 2 rings (SSSR count). The molecule has 0 aliphatic rings. The molecule has 0 unspecified atom stereocenters. The predicted molar refractivity (Wildman–Crippen MR) is 73.1 cm³/mol. The van der Waals surface area contributed by atoms with Gasteiger partial charge in [0.15, 0.2) is 0 Å². The summed E-state index contributed by atoms with van der Waals surface area (Å²) in [5.74, 6) is 1.57. The molecule has 0 saturated heterocycles. The molecule has 0 aromatic heterocycles. The summed E-state index contributed by atoms with van der Waals surface area (Å²) in [6.07, 6.45) is 1.73. The van der Waals surface area contributed by atoms with Gasteiger partial charge in [0.05, 0.1) is 4.99 Å². The maximum atomic E-state index is 5.70. The average molecular weight is 242 g/mol. The number of rotatable bonds is 4. The maximum Gasteiger partial charge on any atom is 0.127 e. The van der Waals surface area contributed by atoms with Gasteiger partial charge < -0.3 is 10.5 Å². The van der Waals surface area contributed by atoms with E-state index in [1.807, 2.05) is 54.6 Å². The second kappa shape index (κ2) is 5.46. The van der Waals surface area contributed by atoms with E-state index in [0.717, 1.165) is 17.1 Å². The average Bonchev–Trinajstić information content (AvgIpc) is 2.30. The Morgan fingerprint density at radius 3 is 2.41 bits per heavy atom. The Hall–Kier alpha value is -1.87. The second-order valence-corrected chi connectivity index (χ2v) is 4.01. The van der Waals surface area contributed by atoms with Gasteiger partial charge in [-0.25, -0.2) is 0 Å². The van der Waals surface area contributed by atoms with Crippen LogP contribution in [0.2, 0.25) is 0 Å². The van der Waals surface area contributed by atoms with Crippen LogP contribution in [0.5, 0.6) is 11.5 Å². The molecule has 0 fully saturated rings. The fourth-order valence-electron chi connectivity index (χ4n) is 1.46. The minimum atomic E-state index is 0.363. The fourth-order valence-corrected chi connectivity index (χ4v) is 1.59. The van der Waals surface area contributed by atoms with Crippen molar-refractivity contribution >= 4 is 17.2 Å². The summed E-state index contributed by atoms with van der Waals surface area (Å²) in [6, 6.07) is 17.2. The first-order valence-corrected chi connectivity index (χ1v) is 5.62. The molecule has 2 aromatic rings. The molecule has 0 aliphatic carbocycles. The molecule has 2 nitrogen and oxygen atoms in total. The van der Waals surface area contributed by atoms with Crippen LogP contribution in [0.15, 0.2) is 54.6 Å². The van der Waals surface area contributed by atoms with E-state index in [9.17, 15) is 0 Å². The lowest BCUT2D eigenvalue weighted by Gasteiger charge is -2.06. The highest BCUT2D eigenvalue weighted by Crippen LogP contribution is 2.22. The topological polar surface area (TPSA) is 35.2 Å². The fraction of sp³-hybridized carbons (Fsp3) is 0. The Labute approximate surface area is 106 Å². The van der Waals surface area contributed by atoms with Crippen LogP contribution in [-0.4, -0.2) is 4.99 Å². The zero-order valence-corrected chi connectivity index (χ0v) is 9.98. The molecule has 0 atom stereocenters. The quantitative estimate of drug-likeness (QED) is 0.835. The lowest BCUT2D eigenvalue weighted by Crippen LogP contribution is -2.08. The summed E-state index contributed by atoms with van der Waals surface area (Å²) in [4.78, 5) is 0.363. The van der Waals surface area contributed by atoms with Crippen molar-refractivity contribution in [2.45, 2.75) is 0 Å². The largest absolute Gasteiger partial charge is 0.457 e. The summed E-state index contributed by atoms with van der Waals surface area (Å²) in [5.41, 5.74) is 6.40. The van der Waals surface area contributed by atoms with Gasteiger partial charge in [-0.15, -0.1) is 0 Å². The summed E-state index contributed by atoms with van der Waals surface area (Å²) < 4.78 is 5.70. The first-order chi connectivity index (χ1) is 8.24. The Morgan fingerprint density at radius 2 is 1.71 bits per heavy atom. The van der Waals surface area contributed by atoms with Crippen molar-refractivity contribution in [3.8, 4) is 11.5 Å². The maximum absolute atomic E-state index is 5.70. The van der Waals surface area contributed by atoms with E-state index in [4.69, 9.17) is 22.7 Å². The van der Waals surface area contributed by atoms with Crippen LogP contribution in [0.1, 0.15) is 5.56 Å². The van der Waals surface area contributed by atoms with Gasteiger partial charge in [-0.05, 0) is 29.8 Å². The van der Waals surface area contributed by atoms with Gasteiger partial charge in [0.25, 0.3) is 0 Å². The van der Waals surface area contributed by atoms with Crippen molar-refractivity contribution in [2.24, 2.45) is 5.73 Å². The highest BCUT2D eigenvalue weighted by Gasteiger charge is 2.00.